The summed E-state index contributed by atoms with van der Waals surface area (Å²) in [6, 6.07) is 14.1. The summed E-state index contributed by atoms with van der Waals surface area (Å²) in [7, 11) is 4.54. The van der Waals surface area contributed by atoms with Crippen LogP contribution in [0, 0.1) is 5.92 Å². The second-order valence-electron chi connectivity index (χ2n) is 14.7. The van der Waals surface area contributed by atoms with Gasteiger partial charge in [0.15, 0.2) is 0 Å². The van der Waals surface area contributed by atoms with E-state index in [9.17, 15) is 9.59 Å². The van der Waals surface area contributed by atoms with Gasteiger partial charge in [-0.3, -0.25) is 9.79 Å². The van der Waals surface area contributed by atoms with Crippen molar-refractivity contribution in [1.82, 2.24) is 25.5 Å². The van der Waals surface area contributed by atoms with Gasteiger partial charge in [-0.25, -0.2) is 9.78 Å². The number of hydrogen-bond acceptors (Lipinski definition) is 9. The number of carbonyl (C=O) groups is 2. The van der Waals surface area contributed by atoms with Crippen LogP contribution in [0.4, 0.5) is 4.79 Å². The number of aromatic amines is 1. The Labute approximate surface area is 310 Å². The maximum absolute atomic E-state index is 14.0. The number of nitrogens with two attached hydrogens (primary N) is 1. The molecule has 12 nitrogen and oxygen atoms in total. The predicted octanol–water partition coefficient (Wildman–Crippen LogP) is 5.64. The van der Waals surface area contributed by atoms with Crippen molar-refractivity contribution in [1.29, 1.82) is 0 Å². The summed E-state index contributed by atoms with van der Waals surface area (Å²) in [5.41, 5.74) is 15.2. The Balaban J connectivity index is 1.14. The molecular weight excluding hydrogens is 670 g/mol. The summed E-state index contributed by atoms with van der Waals surface area (Å²) in [6.07, 6.45) is 8.19. The number of ether oxygens (including phenoxy) is 3. The van der Waals surface area contributed by atoms with Crippen molar-refractivity contribution in [2.75, 3.05) is 34.5 Å². The van der Waals surface area contributed by atoms with Gasteiger partial charge in [0.25, 0.3) is 0 Å². The van der Waals surface area contributed by atoms with E-state index in [0.29, 0.717) is 11.6 Å². The van der Waals surface area contributed by atoms with Gasteiger partial charge in [0.05, 0.1) is 48.8 Å². The van der Waals surface area contributed by atoms with Gasteiger partial charge in [-0.2, -0.15) is 0 Å². The number of nitrogens with zero attached hydrogens (tertiary/aromatic N) is 3. The lowest BCUT2D eigenvalue weighted by Crippen LogP contribution is -2.55. The number of H-pyrrole nitrogens is 1. The Kier molecular flexibility index (Phi) is 10.8. The molecule has 1 aliphatic carbocycles. The number of aliphatic imine (C=N–C) groups is 1. The molecule has 1 aromatic heterocycles. The van der Waals surface area contributed by atoms with Gasteiger partial charge in [0, 0.05) is 50.0 Å². The van der Waals surface area contributed by atoms with Crippen molar-refractivity contribution in [3.63, 3.8) is 0 Å². The number of amides is 2. The smallest absolute Gasteiger partial charge is 0.407 e. The molecule has 2 fully saturated rings. The number of rotatable bonds is 11. The highest BCUT2D eigenvalue weighted by molar-refractivity contribution is 6.05. The van der Waals surface area contributed by atoms with Crippen molar-refractivity contribution in [2.24, 2.45) is 16.6 Å². The van der Waals surface area contributed by atoms with E-state index in [4.69, 9.17) is 24.9 Å². The summed E-state index contributed by atoms with van der Waals surface area (Å²) in [5.74, 6) is 1.02. The minimum absolute atomic E-state index is 0.0405. The molecule has 3 aromatic carbocycles. The molecule has 53 heavy (non-hydrogen) atoms. The highest BCUT2D eigenvalue weighted by Crippen LogP contribution is 2.40. The van der Waals surface area contributed by atoms with Crippen molar-refractivity contribution in [3.8, 4) is 11.1 Å². The molecule has 4 aromatic rings. The second-order valence-corrected chi connectivity index (χ2v) is 14.7. The molecule has 0 radical (unpaired) electrons. The number of fused-ring (bicyclic) bond motifs is 4. The zero-order chi connectivity index (χ0) is 37.2. The molecule has 12 heteroatoms. The Morgan fingerprint density at radius 2 is 1.94 bits per heavy atom. The van der Waals surface area contributed by atoms with Crippen molar-refractivity contribution in [3.05, 3.63) is 71.2 Å². The molecule has 280 valence electrons. The number of carbonyl (C=O) groups excluding carboxylic acids is 2. The normalized spacial score (nSPS) is 22.9. The van der Waals surface area contributed by atoms with Gasteiger partial charge in [-0.1, -0.05) is 30.3 Å². The van der Waals surface area contributed by atoms with Crippen LogP contribution in [0.3, 0.4) is 0 Å². The Hall–Kier alpha value is -4.78. The summed E-state index contributed by atoms with van der Waals surface area (Å²) in [4.78, 5) is 41.2. The SMILES string of the molecule is COC[C@@H]1CN[C@H](C=N/C=C(\N)c2ccc(-c3ccc4c(ccc5[nH]c([C@@H]6CC[C@H](C)N6C(=O)[C@@H](NC(=O)OC)[C@@H](C)OC)nc54)c3)c3c2CCC3)C1. The van der Waals surface area contributed by atoms with Crippen LogP contribution in [0.25, 0.3) is 38.6 Å². The summed E-state index contributed by atoms with van der Waals surface area (Å²) in [6.45, 7) is 5.49. The number of alkyl carbamates (subject to hydrolysis) is 1. The van der Waals surface area contributed by atoms with E-state index in [0.717, 1.165) is 90.4 Å². The predicted molar refractivity (Wildman–Crippen MR) is 208 cm³/mol. The molecule has 0 spiro atoms. The lowest BCUT2D eigenvalue weighted by Gasteiger charge is -2.33. The fourth-order valence-electron chi connectivity index (χ4n) is 8.50. The zero-order valence-corrected chi connectivity index (χ0v) is 31.3. The van der Waals surface area contributed by atoms with Crippen molar-refractivity contribution >= 4 is 45.7 Å². The molecule has 0 bridgehead atoms. The Bertz CT molecular complexity index is 2060. The first-order valence-corrected chi connectivity index (χ1v) is 18.7. The molecule has 3 aliphatic rings. The molecule has 2 saturated heterocycles. The number of methoxy groups -OCH3 is 3. The quantitative estimate of drug-likeness (QED) is 0.145. The zero-order valence-electron chi connectivity index (χ0n) is 31.3. The molecule has 3 heterocycles. The van der Waals surface area contributed by atoms with Crippen molar-refractivity contribution < 1.29 is 23.8 Å². The third-order valence-corrected chi connectivity index (χ3v) is 11.3. The topological polar surface area (TPSA) is 156 Å². The maximum Gasteiger partial charge on any atom is 0.407 e. The molecule has 5 N–H and O–H groups in total. The molecule has 6 atom stereocenters. The first-order valence-electron chi connectivity index (χ1n) is 18.7. The van der Waals surface area contributed by atoms with Gasteiger partial charge in [-0.15, -0.1) is 0 Å². The van der Waals surface area contributed by atoms with Gasteiger partial charge >= 0.3 is 6.09 Å². The number of benzene rings is 3. The largest absolute Gasteiger partial charge is 0.453 e. The van der Waals surface area contributed by atoms with Crippen LogP contribution in [0.5, 0.6) is 0 Å². The highest BCUT2D eigenvalue weighted by atomic mass is 16.5. The number of imidazole rings is 1. The number of likely N-dealkylation sites (tertiary alicyclic amines) is 1. The fraction of sp³-hybridized carbons (Fsp3) is 0.463. The van der Waals surface area contributed by atoms with E-state index in [1.807, 2.05) is 18.0 Å². The highest BCUT2D eigenvalue weighted by Gasteiger charge is 2.42. The van der Waals surface area contributed by atoms with Gasteiger partial charge in [0.2, 0.25) is 5.91 Å². The maximum atomic E-state index is 14.0. The summed E-state index contributed by atoms with van der Waals surface area (Å²) >= 11 is 0. The molecule has 2 aliphatic heterocycles. The van der Waals surface area contributed by atoms with Crippen LogP contribution in [0.1, 0.15) is 68.1 Å². The third-order valence-electron chi connectivity index (χ3n) is 11.3. The first kappa shape index (κ1) is 36.6. The van der Waals surface area contributed by atoms with Gasteiger partial charge in [-0.05, 0) is 98.1 Å². The van der Waals surface area contributed by atoms with Crippen LogP contribution >= 0.6 is 0 Å². The number of aromatic nitrogens is 2. The van der Waals surface area contributed by atoms with E-state index in [1.165, 1.54) is 30.9 Å². The van der Waals surface area contributed by atoms with Crippen LogP contribution < -0.4 is 16.4 Å². The van der Waals surface area contributed by atoms with Crippen LogP contribution in [-0.2, 0) is 31.8 Å². The molecule has 0 unspecified atom stereocenters. The first-order chi connectivity index (χ1) is 25.7. The van der Waals surface area contributed by atoms with E-state index < -0.39 is 18.2 Å². The number of hydrogen-bond donors (Lipinski definition) is 4. The fourth-order valence-corrected chi connectivity index (χ4v) is 8.50. The molecular formula is C41H51N7O5. The Morgan fingerprint density at radius 1 is 1.11 bits per heavy atom. The third kappa shape index (κ3) is 7.27. The van der Waals surface area contributed by atoms with E-state index in [1.54, 1.807) is 20.2 Å². The van der Waals surface area contributed by atoms with E-state index >= 15 is 0 Å². The molecule has 2 amide bonds. The lowest BCUT2D eigenvalue weighted by molar-refractivity contribution is -0.139. The number of nitrogens with one attached hydrogen (secondary N) is 3. The average Bonchev–Trinajstić information content (AvgIpc) is 3.99. The second kappa shape index (κ2) is 15.7. The van der Waals surface area contributed by atoms with Crippen LogP contribution in [-0.4, -0.2) is 91.8 Å². The molecule has 0 saturated carbocycles. The van der Waals surface area contributed by atoms with Crippen LogP contribution in [0.15, 0.2) is 53.7 Å². The van der Waals surface area contributed by atoms with Crippen LogP contribution in [0.2, 0.25) is 0 Å². The average molecular weight is 722 g/mol. The van der Waals surface area contributed by atoms with Gasteiger partial charge in [0.1, 0.15) is 11.9 Å². The van der Waals surface area contributed by atoms with Crippen molar-refractivity contribution in [2.45, 2.75) is 82.6 Å². The monoisotopic (exact) mass is 721 g/mol. The standard InChI is InChI=1S/C41H51N7O5/c1-23-9-16-36(48(23)40(49)37(24(2)52-4)47-41(50)53-5)39-45-35-15-11-27-18-26(10-12-30(27)38(35)46-39)29-13-14-33(32-8-6-7-31(29)32)34(42)21-43-20-28-17-25(19-44-28)22-51-3/h10-15,18,20-21,23-25,28,36-37,44H,6-9,16-17,19,22,42H2,1-5H3,(H,45,46)(H,47,50)/b34-21-,43-20?/t23-,24+,25-,28-,36-,37-/m0/s1. The van der Waals surface area contributed by atoms with E-state index in [2.05, 4.69) is 63.1 Å². The summed E-state index contributed by atoms with van der Waals surface area (Å²) < 4.78 is 15.6. The minimum Gasteiger partial charge on any atom is -0.453 e. The molecule has 7 rings (SSSR count). The Morgan fingerprint density at radius 3 is 2.74 bits per heavy atom. The minimum atomic E-state index is -0.899. The lowest BCUT2D eigenvalue weighted by atomic mass is 9.91. The summed E-state index contributed by atoms with van der Waals surface area (Å²) in [5, 5.41) is 8.30. The van der Waals surface area contributed by atoms with E-state index in [-0.39, 0.29) is 24.0 Å². The van der Waals surface area contributed by atoms with Gasteiger partial charge < -0.3 is 40.5 Å².